The molecule has 0 amide bonds. The van der Waals surface area contributed by atoms with E-state index in [1.165, 1.54) is 0 Å². The SMILES string of the molecule is Cc1nnc(CNC(=NCc2ccccc2)NCC(C)(O)CN(C)C)n1C. The fraction of sp³-hybridized carbons (Fsp3) is 0.526. The Hall–Kier alpha value is -2.45. The fourth-order valence-electron chi connectivity index (χ4n) is 2.71. The van der Waals surface area contributed by atoms with E-state index in [9.17, 15) is 5.11 Å². The van der Waals surface area contributed by atoms with Crippen molar-refractivity contribution >= 4 is 5.96 Å². The molecule has 27 heavy (non-hydrogen) atoms. The predicted octanol–water partition coefficient (Wildman–Crippen LogP) is 0.672. The number of rotatable bonds is 8. The maximum Gasteiger partial charge on any atom is 0.192 e. The van der Waals surface area contributed by atoms with Gasteiger partial charge in [0.2, 0.25) is 0 Å². The van der Waals surface area contributed by atoms with Crippen molar-refractivity contribution in [2.24, 2.45) is 12.0 Å². The lowest BCUT2D eigenvalue weighted by atomic mass is 10.1. The molecule has 2 rings (SSSR count). The third-order valence-electron chi connectivity index (χ3n) is 4.15. The molecule has 0 aliphatic heterocycles. The Bertz CT molecular complexity index is 738. The molecule has 0 bridgehead atoms. The van der Waals surface area contributed by atoms with Gasteiger partial charge < -0.3 is 25.2 Å². The molecule has 0 saturated heterocycles. The Balaban J connectivity index is 2.04. The smallest absolute Gasteiger partial charge is 0.192 e. The van der Waals surface area contributed by atoms with Crippen molar-refractivity contribution in [3.8, 4) is 0 Å². The Labute approximate surface area is 161 Å². The number of nitrogens with zero attached hydrogens (tertiary/aromatic N) is 5. The van der Waals surface area contributed by atoms with Gasteiger partial charge in [-0.05, 0) is 33.5 Å². The zero-order valence-corrected chi connectivity index (χ0v) is 16.9. The molecule has 1 aromatic heterocycles. The van der Waals surface area contributed by atoms with Gasteiger partial charge in [-0.3, -0.25) is 0 Å². The summed E-state index contributed by atoms with van der Waals surface area (Å²) in [6.45, 7) is 5.69. The quantitative estimate of drug-likeness (QED) is 0.465. The Kier molecular flexibility index (Phi) is 7.32. The molecule has 0 aliphatic rings. The van der Waals surface area contributed by atoms with E-state index >= 15 is 0 Å². The summed E-state index contributed by atoms with van der Waals surface area (Å²) < 4.78 is 1.93. The van der Waals surface area contributed by atoms with Gasteiger partial charge in [0, 0.05) is 20.1 Å². The molecule has 2 aromatic rings. The van der Waals surface area contributed by atoms with Crippen LogP contribution in [0.25, 0.3) is 0 Å². The average Bonchev–Trinajstić information content (AvgIpc) is 2.93. The molecular weight excluding hydrogens is 342 g/mol. The van der Waals surface area contributed by atoms with Crippen LogP contribution in [0.2, 0.25) is 0 Å². The Morgan fingerprint density at radius 3 is 2.52 bits per heavy atom. The first-order valence-corrected chi connectivity index (χ1v) is 9.05. The fourth-order valence-corrected chi connectivity index (χ4v) is 2.71. The van der Waals surface area contributed by atoms with Gasteiger partial charge in [0.1, 0.15) is 5.82 Å². The van der Waals surface area contributed by atoms with E-state index in [0.717, 1.165) is 17.2 Å². The summed E-state index contributed by atoms with van der Waals surface area (Å²) >= 11 is 0. The number of nitrogens with one attached hydrogen (secondary N) is 2. The van der Waals surface area contributed by atoms with Crippen LogP contribution in [0.3, 0.4) is 0 Å². The molecule has 0 radical (unpaired) electrons. The summed E-state index contributed by atoms with van der Waals surface area (Å²) in [5.41, 5.74) is 0.244. The largest absolute Gasteiger partial charge is 0.387 e. The van der Waals surface area contributed by atoms with Crippen LogP contribution in [0, 0.1) is 6.92 Å². The minimum Gasteiger partial charge on any atom is -0.387 e. The Morgan fingerprint density at radius 1 is 1.22 bits per heavy atom. The topological polar surface area (TPSA) is 90.6 Å². The number of aliphatic imine (C=N–C) groups is 1. The van der Waals surface area contributed by atoms with Crippen molar-refractivity contribution in [1.82, 2.24) is 30.3 Å². The molecule has 8 nitrogen and oxygen atoms in total. The highest BCUT2D eigenvalue weighted by molar-refractivity contribution is 5.79. The van der Waals surface area contributed by atoms with Gasteiger partial charge in [0.25, 0.3) is 0 Å². The standard InChI is InChI=1S/C19H31N7O/c1-15-23-24-17(26(15)5)12-21-18(20-11-16-9-7-6-8-10-16)22-13-19(2,27)14-25(3)4/h6-10,27H,11-14H2,1-5H3,(H2,20,21,22). The zero-order valence-electron chi connectivity index (χ0n) is 16.9. The minimum atomic E-state index is -0.875. The van der Waals surface area contributed by atoms with Gasteiger partial charge in [0.15, 0.2) is 11.8 Å². The first-order valence-electron chi connectivity index (χ1n) is 9.05. The van der Waals surface area contributed by atoms with E-state index in [-0.39, 0.29) is 0 Å². The van der Waals surface area contributed by atoms with Gasteiger partial charge in [-0.1, -0.05) is 30.3 Å². The summed E-state index contributed by atoms with van der Waals surface area (Å²) in [6.07, 6.45) is 0. The number of guanidine groups is 1. The van der Waals surface area contributed by atoms with E-state index < -0.39 is 5.60 Å². The first-order chi connectivity index (χ1) is 12.8. The third kappa shape index (κ3) is 6.99. The monoisotopic (exact) mass is 373 g/mol. The van der Waals surface area contributed by atoms with Crippen LogP contribution in [0.5, 0.6) is 0 Å². The summed E-state index contributed by atoms with van der Waals surface area (Å²) in [7, 11) is 5.81. The van der Waals surface area contributed by atoms with Crippen molar-refractivity contribution in [2.45, 2.75) is 32.5 Å². The highest BCUT2D eigenvalue weighted by atomic mass is 16.3. The maximum atomic E-state index is 10.5. The lowest BCUT2D eigenvalue weighted by molar-refractivity contribution is 0.0377. The number of hydrogen-bond donors (Lipinski definition) is 3. The second-order valence-corrected chi connectivity index (χ2v) is 7.31. The number of aliphatic hydroxyl groups is 1. The zero-order chi connectivity index (χ0) is 19.9. The van der Waals surface area contributed by atoms with Crippen molar-refractivity contribution < 1.29 is 5.11 Å². The molecule has 148 valence electrons. The van der Waals surface area contributed by atoms with Gasteiger partial charge in [-0.15, -0.1) is 10.2 Å². The molecule has 8 heteroatoms. The number of aromatic nitrogens is 3. The van der Waals surface area contributed by atoms with Crippen LogP contribution in [-0.4, -0.2) is 63.5 Å². The molecule has 0 fully saturated rings. The highest BCUT2D eigenvalue weighted by Gasteiger charge is 2.21. The summed E-state index contributed by atoms with van der Waals surface area (Å²) in [5, 5.41) is 25.3. The molecule has 0 saturated carbocycles. The summed E-state index contributed by atoms with van der Waals surface area (Å²) in [5.74, 6) is 2.30. The second-order valence-electron chi connectivity index (χ2n) is 7.31. The molecule has 1 unspecified atom stereocenters. The van der Waals surface area contributed by atoms with Crippen LogP contribution in [0.15, 0.2) is 35.3 Å². The number of benzene rings is 1. The number of aryl methyl sites for hydroxylation is 1. The van der Waals surface area contributed by atoms with Crippen LogP contribution >= 0.6 is 0 Å². The van der Waals surface area contributed by atoms with Crippen molar-refractivity contribution in [3.63, 3.8) is 0 Å². The van der Waals surface area contributed by atoms with Crippen LogP contribution < -0.4 is 10.6 Å². The number of likely N-dealkylation sites (N-methyl/N-ethyl adjacent to an activating group) is 1. The lowest BCUT2D eigenvalue weighted by Crippen LogP contribution is -2.50. The van der Waals surface area contributed by atoms with E-state index in [0.29, 0.717) is 32.1 Å². The van der Waals surface area contributed by atoms with E-state index in [1.54, 1.807) is 6.92 Å². The van der Waals surface area contributed by atoms with Gasteiger partial charge in [-0.2, -0.15) is 0 Å². The summed E-state index contributed by atoms with van der Waals surface area (Å²) in [6, 6.07) is 10.1. The second kappa shape index (κ2) is 9.48. The average molecular weight is 374 g/mol. The molecule has 0 aliphatic carbocycles. The van der Waals surface area contributed by atoms with E-state index in [1.807, 2.05) is 67.9 Å². The lowest BCUT2D eigenvalue weighted by Gasteiger charge is -2.28. The predicted molar refractivity (Wildman–Crippen MR) is 107 cm³/mol. The van der Waals surface area contributed by atoms with Crippen molar-refractivity contribution in [1.29, 1.82) is 0 Å². The third-order valence-corrected chi connectivity index (χ3v) is 4.15. The van der Waals surface area contributed by atoms with Crippen molar-refractivity contribution in [2.75, 3.05) is 27.2 Å². The van der Waals surface area contributed by atoms with E-state index in [4.69, 9.17) is 0 Å². The number of hydrogen-bond acceptors (Lipinski definition) is 5. The van der Waals surface area contributed by atoms with Crippen molar-refractivity contribution in [3.05, 3.63) is 47.5 Å². The molecule has 1 heterocycles. The van der Waals surface area contributed by atoms with Gasteiger partial charge in [-0.25, -0.2) is 4.99 Å². The molecular formula is C19H31N7O. The van der Waals surface area contributed by atoms with Crippen LogP contribution in [-0.2, 0) is 20.1 Å². The minimum absolute atomic E-state index is 0.379. The van der Waals surface area contributed by atoms with E-state index in [2.05, 4.69) is 25.8 Å². The normalized spacial score (nSPS) is 14.3. The Morgan fingerprint density at radius 2 is 1.93 bits per heavy atom. The summed E-state index contributed by atoms with van der Waals surface area (Å²) in [4.78, 5) is 6.60. The van der Waals surface area contributed by atoms with Crippen LogP contribution in [0.4, 0.5) is 0 Å². The maximum absolute atomic E-state index is 10.5. The van der Waals surface area contributed by atoms with Crippen LogP contribution in [0.1, 0.15) is 24.1 Å². The first kappa shape index (κ1) is 20.9. The van der Waals surface area contributed by atoms with Gasteiger partial charge in [0.05, 0.1) is 18.7 Å². The molecule has 1 aromatic carbocycles. The van der Waals surface area contributed by atoms with Gasteiger partial charge >= 0.3 is 0 Å². The molecule has 3 N–H and O–H groups in total. The highest BCUT2D eigenvalue weighted by Crippen LogP contribution is 2.04. The molecule has 1 atom stereocenters. The molecule has 0 spiro atoms.